The van der Waals surface area contributed by atoms with Gasteiger partial charge in [0.15, 0.2) is 0 Å². The smallest absolute Gasteiger partial charge is 0.366 e. The van der Waals surface area contributed by atoms with Gasteiger partial charge < -0.3 is 10.6 Å². The van der Waals surface area contributed by atoms with E-state index >= 15 is 0 Å². The molecule has 0 radical (unpaired) electrons. The lowest BCUT2D eigenvalue weighted by Crippen LogP contribution is -2.30. The molecule has 1 fully saturated rings. The van der Waals surface area contributed by atoms with Crippen molar-refractivity contribution < 1.29 is 22.8 Å². The lowest BCUT2D eigenvalue weighted by Gasteiger charge is -2.23. The monoisotopic (exact) mass is 459 g/mol. The Hall–Kier alpha value is -3.20. The minimum atomic E-state index is -4.51. The largest absolute Gasteiger partial charge is 0.416 e. The van der Waals surface area contributed by atoms with E-state index in [9.17, 15) is 22.8 Å². The van der Waals surface area contributed by atoms with Crippen molar-refractivity contribution in [2.75, 3.05) is 6.54 Å². The van der Waals surface area contributed by atoms with Crippen LogP contribution < -0.4 is 5.73 Å². The van der Waals surface area contributed by atoms with Gasteiger partial charge in [-0.15, -0.1) is 11.3 Å². The molecule has 1 saturated heterocycles. The van der Waals surface area contributed by atoms with E-state index < -0.39 is 17.6 Å². The molecule has 5 nitrogen and oxygen atoms in total. The number of amides is 2. The minimum Gasteiger partial charge on any atom is -0.366 e. The van der Waals surface area contributed by atoms with Crippen molar-refractivity contribution >= 4 is 23.2 Å². The van der Waals surface area contributed by atoms with Crippen LogP contribution in [-0.4, -0.2) is 28.2 Å². The fourth-order valence-corrected chi connectivity index (χ4v) is 4.84. The Bertz CT molecular complexity index is 1190. The van der Waals surface area contributed by atoms with E-state index in [1.807, 2.05) is 12.3 Å². The molecule has 2 N–H and O–H groups in total. The molecule has 2 aromatic carbocycles. The van der Waals surface area contributed by atoms with Crippen LogP contribution >= 0.6 is 11.3 Å². The molecule has 0 unspecified atom stereocenters. The van der Waals surface area contributed by atoms with Crippen LogP contribution in [0.1, 0.15) is 55.9 Å². The molecule has 1 aliphatic heterocycles. The number of hydrogen-bond acceptors (Lipinski definition) is 4. The van der Waals surface area contributed by atoms with E-state index in [1.54, 1.807) is 4.90 Å². The van der Waals surface area contributed by atoms with Crippen molar-refractivity contribution in [2.24, 2.45) is 5.73 Å². The van der Waals surface area contributed by atoms with Gasteiger partial charge in [-0.2, -0.15) is 13.2 Å². The van der Waals surface area contributed by atoms with Gasteiger partial charge in [0.2, 0.25) is 5.91 Å². The summed E-state index contributed by atoms with van der Waals surface area (Å²) >= 11 is 1.49. The number of primary amides is 1. The first kappa shape index (κ1) is 22.0. The molecule has 1 aliphatic rings. The lowest BCUT2D eigenvalue weighted by molar-refractivity contribution is -0.137. The van der Waals surface area contributed by atoms with Gasteiger partial charge in [-0.25, -0.2) is 4.98 Å². The molecular weight excluding hydrogens is 439 g/mol. The van der Waals surface area contributed by atoms with E-state index in [-0.39, 0.29) is 28.6 Å². The number of halogens is 3. The molecule has 1 atom stereocenters. The topological polar surface area (TPSA) is 76.3 Å². The predicted molar refractivity (Wildman–Crippen MR) is 115 cm³/mol. The van der Waals surface area contributed by atoms with Gasteiger partial charge >= 0.3 is 6.18 Å². The number of alkyl halides is 3. The van der Waals surface area contributed by atoms with Crippen LogP contribution in [0.5, 0.6) is 0 Å². The Morgan fingerprint density at radius 1 is 1.12 bits per heavy atom. The number of thiazole rings is 1. The molecule has 0 saturated carbocycles. The van der Waals surface area contributed by atoms with Crippen molar-refractivity contribution in [3.63, 3.8) is 0 Å². The molecule has 2 heterocycles. The number of carbonyl (C=O) groups is 2. The van der Waals surface area contributed by atoms with Crippen molar-refractivity contribution in [3.05, 3.63) is 75.2 Å². The molecule has 166 valence electrons. The van der Waals surface area contributed by atoms with Crippen LogP contribution in [-0.2, 0) is 6.18 Å². The molecule has 2 amide bonds. The van der Waals surface area contributed by atoms with Gasteiger partial charge in [-0.05, 0) is 61.2 Å². The lowest BCUT2D eigenvalue weighted by atomic mass is 9.97. The highest BCUT2D eigenvalue weighted by Gasteiger charge is 2.33. The molecule has 32 heavy (non-hydrogen) atoms. The van der Waals surface area contributed by atoms with Crippen LogP contribution in [0.4, 0.5) is 13.2 Å². The number of aryl methyl sites for hydroxylation is 1. The average Bonchev–Trinajstić information content (AvgIpc) is 3.41. The van der Waals surface area contributed by atoms with Crippen LogP contribution in [0, 0.1) is 6.92 Å². The number of hydrogen-bond donors (Lipinski definition) is 1. The number of nitrogens with two attached hydrogens (primary N) is 1. The van der Waals surface area contributed by atoms with Crippen LogP contribution in [0.3, 0.4) is 0 Å². The highest BCUT2D eigenvalue weighted by atomic mass is 32.1. The second-order valence-electron chi connectivity index (χ2n) is 7.73. The summed E-state index contributed by atoms with van der Waals surface area (Å²) < 4.78 is 39.5. The number of nitrogens with zero attached hydrogens (tertiary/aromatic N) is 2. The molecule has 3 aromatic rings. The zero-order valence-electron chi connectivity index (χ0n) is 17.1. The number of carbonyl (C=O) groups excluding carboxylic acids is 2. The highest BCUT2D eigenvalue weighted by molar-refractivity contribution is 7.09. The second kappa shape index (κ2) is 8.38. The van der Waals surface area contributed by atoms with Gasteiger partial charge in [0.25, 0.3) is 5.91 Å². The zero-order valence-corrected chi connectivity index (χ0v) is 18.0. The van der Waals surface area contributed by atoms with Crippen molar-refractivity contribution in [1.82, 2.24) is 9.88 Å². The summed E-state index contributed by atoms with van der Waals surface area (Å²) in [7, 11) is 0. The summed E-state index contributed by atoms with van der Waals surface area (Å²) in [5.74, 6) is -1.07. The number of benzene rings is 2. The second-order valence-corrected chi connectivity index (χ2v) is 8.62. The summed E-state index contributed by atoms with van der Waals surface area (Å²) in [6.07, 6.45) is -2.93. The quantitative estimate of drug-likeness (QED) is 0.582. The first-order chi connectivity index (χ1) is 15.1. The molecular formula is C23H20F3N3O2S. The SMILES string of the molecule is Cc1csc([C@H]2CCCN2C(=O)c2cc(C(N)=O)cc(-c3cccc(C(F)(F)F)c3)c2)n1. The Morgan fingerprint density at radius 2 is 1.88 bits per heavy atom. The highest BCUT2D eigenvalue weighted by Crippen LogP contribution is 2.36. The normalized spacial score (nSPS) is 16.4. The van der Waals surface area contributed by atoms with Gasteiger partial charge in [0.05, 0.1) is 11.6 Å². The fourth-order valence-electron chi connectivity index (χ4n) is 3.89. The van der Waals surface area contributed by atoms with E-state index in [4.69, 9.17) is 5.73 Å². The summed E-state index contributed by atoms with van der Waals surface area (Å²) in [4.78, 5) is 31.5. The summed E-state index contributed by atoms with van der Waals surface area (Å²) in [5.41, 5.74) is 6.34. The Kier molecular flexibility index (Phi) is 5.77. The molecule has 1 aromatic heterocycles. The zero-order chi connectivity index (χ0) is 23.0. The third-order valence-electron chi connectivity index (χ3n) is 5.42. The number of aromatic nitrogens is 1. The molecule has 0 aliphatic carbocycles. The summed E-state index contributed by atoms with van der Waals surface area (Å²) in [6.45, 7) is 2.42. The van der Waals surface area contributed by atoms with Crippen LogP contribution in [0.2, 0.25) is 0 Å². The van der Waals surface area contributed by atoms with Gasteiger partial charge in [-0.1, -0.05) is 12.1 Å². The van der Waals surface area contributed by atoms with E-state index in [1.165, 1.54) is 41.7 Å². The van der Waals surface area contributed by atoms with E-state index in [2.05, 4.69) is 4.98 Å². The maximum Gasteiger partial charge on any atom is 0.416 e. The van der Waals surface area contributed by atoms with E-state index in [0.29, 0.717) is 12.1 Å². The Balaban J connectivity index is 1.74. The minimum absolute atomic E-state index is 0.0594. The third kappa shape index (κ3) is 4.38. The molecule has 4 rings (SSSR count). The van der Waals surface area contributed by atoms with Crippen molar-refractivity contribution in [1.29, 1.82) is 0 Å². The fraction of sp³-hybridized carbons (Fsp3) is 0.261. The first-order valence-corrected chi connectivity index (χ1v) is 10.9. The molecule has 0 spiro atoms. The predicted octanol–water partition coefficient (Wildman–Crippen LogP) is 5.21. The van der Waals surface area contributed by atoms with Crippen LogP contribution in [0.15, 0.2) is 47.8 Å². The van der Waals surface area contributed by atoms with Gasteiger partial charge in [-0.3, -0.25) is 9.59 Å². The van der Waals surface area contributed by atoms with Crippen molar-refractivity contribution in [2.45, 2.75) is 32.0 Å². The van der Waals surface area contributed by atoms with Gasteiger partial charge in [0.1, 0.15) is 5.01 Å². The number of likely N-dealkylation sites (tertiary alicyclic amines) is 1. The third-order valence-corrected chi connectivity index (χ3v) is 6.49. The average molecular weight is 459 g/mol. The Morgan fingerprint density at radius 3 is 2.53 bits per heavy atom. The maximum absolute atomic E-state index is 13.4. The van der Waals surface area contributed by atoms with E-state index in [0.717, 1.165) is 35.7 Å². The summed E-state index contributed by atoms with van der Waals surface area (Å²) in [6, 6.07) is 8.88. The van der Waals surface area contributed by atoms with Crippen LogP contribution in [0.25, 0.3) is 11.1 Å². The standard InChI is InChI=1S/C23H20F3N3O2S/c1-13-12-32-21(28-13)19-6-3-7-29(19)22(31)17-9-15(8-16(10-17)20(27)30)14-4-2-5-18(11-14)23(24,25)26/h2,4-5,8-12,19H,3,6-7H2,1H3,(H2,27,30)/t19-/m1/s1. The first-order valence-electron chi connectivity index (χ1n) is 9.99. The maximum atomic E-state index is 13.4. The molecule has 0 bridgehead atoms. The van der Waals surface area contributed by atoms with Crippen molar-refractivity contribution in [3.8, 4) is 11.1 Å². The molecule has 9 heteroatoms. The van der Waals surface area contributed by atoms with Gasteiger partial charge in [0, 0.05) is 28.7 Å². The summed E-state index contributed by atoms with van der Waals surface area (Å²) in [5, 5.41) is 2.77. The Labute approximate surface area is 186 Å². The number of rotatable bonds is 4.